The lowest BCUT2D eigenvalue weighted by Crippen LogP contribution is -2.47. The third-order valence-corrected chi connectivity index (χ3v) is 9.16. The Kier molecular flexibility index (Phi) is 12.7. The number of benzene rings is 4. The molecular weight excluding hydrogens is 691 g/mol. The molecular formula is C43H40ClFN4O4. The number of amides is 1. The van der Waals surface area contributed by atoms with Crippen LogP contribution in [0, 0.1) is 24.1 Å². The minimum absolute atomic E-state index is 0.0304. The van der Waals surface area contributed by atoms with E-state index in [4.69, 9.17) is 31.1 Å². The molecule has 0 aliphatic carbocycles. The number of nitriles is 1. The first-order valence-corrected chi connectivity index (χ1v) is 17.9. The third kappa shape index (κ3) is 10.9. The predicted octanol–water partition coefficient (Wildman–Crippen LogP) is 8.79. The van der Waals surface area contributed by atoms with Gasteiger partial charge in [-0.25, -0.2) is 9.37 Å². The number of carbonyl (C=O) groups is 1. The van der Waals surface area contributed by atoms with Crippen molar-refractivity contribution in [2.75, 3.05) is 32.8 Å². The Hall–Kier alpha value is -5.69. The van der Waals surface area contributed by atoms with Crippen molar-refractivity contribution in [1.82, 2.24) is 14.8 Å². The summed E-state index contributed by atoms with van der Waals surface area (Å²) in [5, 5.41) is 9.37. The third-order valence-electron chi connectivity index (χ3n) is 8.88. The lowest BCUT2D eigenvalue weighted by molar-refractivity contribution is -0.127. The molecule has 1 aromatic heterocycles. The van der Waals surface area contributed by atoms with Gasteiger partial charge in [0.2, 0.25) is 11.8 Å². The molecule has 53 heavy (non-hydrogen) atoms. The summed E-state index contributed by atoms with van der Waals surface area (Å²) in [7, 11) is 0. The number of halogens is 2. The van der Waals surface area contributed by atoms with Crippen LogP contribution in [0.1, 0.15) is 39.8 Å². The zero-order valence-corrected chi connectivity index (χ0v) is 30.3. The molecule has 0 N–H and O–H groups in total. The number of carbonyl (C=O) groups excluding carboxylic acids is 1. The molecule has 10 heteroatoms. The maximum absolute atomic E-state index is 13.0. The van der Waals surface area contributed by atoms with E-state index in [1.54, 1.807) is 60.8 Å². The van der Waals surface area contributed by atoms with Crippen molar-refractivity contribution in [3.05, 3.63) is 154 Å². The lowest BCUT2D eigenvalue weighted by atomic mass is 10.1. The molecule has 1 aliphatic heterocycles. The summed E-state index contributed by atoms with van der Waals surface area (Å²) < 4.78 is 30.6. The van der Waals surface area contributed by atoms with Crippen LogP contribution in [0.25, 0.3) is 6.08 Å². The van der Waals surface area contributed by atoms with Crippen molar-refractivity contribution in [3.63, 3.8) is 0 Å². The van der Waals surface area contributed by atoms with E-state index in [-0.39, 0.29) is 11.7 Å². The highest BCUT2D eigenvalue weighted by molar-refractivity contribution is 6.32. The van der Waals surface area contributed by atoms with Crippen molar-refractivity contribution in [3.8, 4) is 29.2 Å². The Bertz CT molecular complexity index is 2020. The van der Waals surface area contributed by atoms with E-state index >= 15 is 0 Å². The molecule has 6 rings (SSSR count). The zero-order chi connectivity index (χ0) is 37.0. The number of aryl methyl sites for hydroxylation is 2. The Labute approximate surface area is 314 Å². The molecule has 2 heterocycles. The first-order valence-electron chi connectivity index (χ1n) is 17.5. The molecule has 0 unspecified atom stereocenters. The molecule has 4 aromatic carbocycles. The van der Waals surface area contributed by atoms with E-state index in [0.717, 1.165) is 49.2 Å². The van der Waals surface area contributed by atoms with Crippen molar-refractivity contribution in [2.45, 2.75) is 32.9 Å². The van der Waals surface area contributed by atoms with E-state index in [1.165, 1.54) is 23.3 Å². The molecule has 0 bridgehead atoms. The van der Waals surface area contributed by atoms with E-state index < -0.39 is 0 Å². The van der Waals surface area contributed by atoms with Crippen LogP contribution in [0.4, 0.5) is 4.39 Å². The summed E-state index contributed by atoms with van der Waals surface area (Å²) in [4.78, 5) is 21.6. The number of pyridine rings is 1. The van der Waals surface area contributed by atoms with Crippen LogP contribution in [-0.4, -0.2) is 53.5 Å². The number of piperazine rings is 1. The van der Waals surface area contributed by atoms with Crippen LogP contribution in [0.15, 0.2) is 109 Å². The first kappa shape index (κ1) is 37.1. The Morgan fingerprint density at radius 2 is 1.58 bits per heavy atom. The molecule has 0 radical (unpaired) electrons. The molecule has 5 aromatic rings. The average Bonchev–Trinajstić information content (AvgIpc) is 3.18. The number of rotatable bonds is 14. The van der Waals surface area contributed by atoms with Gasteiger partial charge in [0.25, 0.3) is 0 Å². The van der Waals surface area contributed by atoms with Gasteiger partial charge in [-0.1, -0.05) is 48.0 Å². The van der Waals surface area contributed by atoms with Gasteiger partial charge in [-0.2, -0.15) is 5.26 Å². The molecule has 1 amide bonds. The standard InChI is InChI=1S/C43H40ClFN4O4/c1-31-25-36(26-40(44)43(31)53-41-18-17-39(28-47-41)52-30-35-10-6-33(27-46)7-11-35)12-19-42(50)49-22-20-48(21-23-49)29-34-8-4-32(5-9-34)3-2-24-51-38-15-13-37(45)14-16-38/h4-19,25-26,28H,2-3,20-24,29-30H2,1H3. The maximum Gasteiger partial charge on any atom is 0.246 e. The molecule has 1 aliphatic rings. The molecule has 0 spiro atoms. The zero-order valence-electron chi connectivity index (χ0n) is 29.5. The van der Waals surface area contributed by atoms with Crippen LogP contribution in [0.5, 0.6) is 23.1 Å². The molecule has 270 valence electrons. The van der Waals surface area contributed by atoms with Crippen LogP contribution in [0.3, 0.4) is 0 Å². The van der Waals surface area contributed by atoms with Gasteiger partial charge in [-0.15, -0.1) is 0 Å². The van der Waals surface area contributed by atoms with E-state index in [1.807, 2.05) is 30.0 Å². The highest BCUT2D eigenvalue weighted by Gasteiger charge is 2.20. The summed E-state index contributed by atoms with van der Waals surface area (Å²) in [6, 6.07) is 31.3. The molecule has 0 saturated carbocycles. The van der Waals surface area contributed by atoms with Gasteiger partial charge in [0.05, 0.1) is 29.5 Å². The van der Waals surface area contributed by atoms with Crippen molar-refractivity contribution in [1.29, 1.82) is 5.26 Å². The first-order chi connectivity index (χ1) is 25.8. The summed E-state index contributed by atoms with van der Waals surface area (Å²) >= 11 is 6.62. The van der Waals surface area contributed by atoms with Gasteiger partial charge in [-0.05, 0) is 108 Å². The number of hydrogen-bond donors (Lipinski definition) is 0. The quantitative estimate of drug-likeness (QED) is 0.0834. The fourth-order valence-electron chi connectivity index (χ4n) is 5.91. The number of nitrogens with zero attached hydrogens (tertiary/aromatic N) is 4. The van der Waals surface area contributed by atoms with E-state index in [2.05, 4.69) is 40.2 Å². The summed E-state index contributed by atoms with van der Waals surface area (Å²) in [5.41, 5.74) is 5.66. The number of hydrogen-bond acceptors (Lipinski definition) is 7. The Balaban J connectivity index is 0.917. The minimum Gasteiger partial charge on any atom is -0.494 e. The van der Waals surface area contributed by atoms with E-state index in [0.29, 0.717) is 60.0 Å². The van der Waals surface area contributed by atoms with Crippen molar-refractivity contribution in [2.24, 2.45) is 0 Å². The monoisotopic (exact) mass is 730 g/mol. The van der Waals surface area contributed by atoms with Gasteiger partial charge >= 0.3 is 0 Å². The van der Waals surface area contributed by atoms with E-state index in [9.17, 15) is 9.18 Å². The second-order valence-electron chi connectivity index (χ2n) is 12.8. The van der Waals surface area contributed by atoms with Gasteiger partial charge in [-0.3, -0.25) is 9.69 Å². The smallest absolute Gasteiger partial charge is 0.246 e. The lowest BCUT2D eigenvalue weighted by Gasteiger charge is -2.34. The molecule has 1 fully saturated rings. The second-order valence-corrected chi connectivity index (χ2v) is 13.2. The van der Waals surface area contributed by atoms with Gasteiger partial charge in [0, 0.05) is 44.9 Å². The molecule has 8 nitrogen and oxygen atoms in total. The maximum atomic E-state index is 13.0. The SMILES string of the molecule is Cc1cc(C=CC(=O)N2CCN(Cc3ccc(CCCOc4ccc(F)cc4)cc3)CC2)cc(Cl)c1Oc1ccc(OCc2ccc(C#N)cc2)cn1. The highest BCUT2D eigenvalue weighted by atomic mass is 35.5. The molecule has 0 atom stereocenters. The number of ether oxygens (including phenoxy) is 3. The molecule has 1 saturated heterocycles. The highest BCUT2D eigenvalue weighted by Crippen LogP contribution is 2.34. The fourth-order valence-corrected chi connectivity index (χ4v) is 6.22. The fraction of sp³-hybridized carbons (Fsp3) is 0.233. The average molecular weight is 731 g/mol. The minimum atomic E-state index is -0.267. The largest absolute Gasteiger partial charge is 0.494 e. The van der Waals surface area contributed by atoms with Crippen molar-refractivity contribution < 1.29 is 23.4 Å². The summed E-state index contributed by atoms with van der Waals surface area (Å²) in [6.07, 6.45) is 6.75. The van der Waals surface area contributed by atoms with Gasteiger partial charge in [0.15, 0.2) is 5.75 Å². The van der Waals surface area contributed by atoms with Gasteiger partial charge in [0.1, 0.15) is 23.9 Å². The van der Waals surface area contributed by atoms with Gasteiger partial charge < -0.3 is 19.1 Å². The second kappa shape index (κ2) is 18.2. The Morgan fingerprint density at radius 1 is 0.887 bits per heavy atom. The topological polar surface area (TPSA) is 87.9 Å². The summed E-state index contributed by atoms with van der Waals surface area (Å²) in [6.45, 7) is 6.59. The summed E-state index contributed by atoms with van der Waals surface area (Å²) in [5.74, 6) is 1.83. The Morgan fingerprint density at radius 3 is 2.26 bits per heavy atom. The van der Waals surface area contributed by atoms with Crippen molar-refractivity contribution >= 4 is 23.6 Å². The van der Waals surface area contributed by atoms with Crippen LogP contribution in [0.2, 0.25) is 5.02 Å². The van der Waals surface area contributed by atoms with Crippen LogP contribution < -0.4 is 14.2 Å². The number of aromatic nitrogens is 1. The van der Waals surface area contributed by atoms with Crippen LogP contribution >= 0.6 is 11.6 Å². The predicted molar refractivity (Wildman–Crippen MR) is 204 cm³/mol. The van der Waals surface area contributed by atoms with Crippen LogP contribution in [-0.2, 0) is 24.4 Å². The normalized spacial score (nSPS) is 13.1.